The van der Waals surface area contributed by atoms with E-state index in [9.17, 15) is 4.79 Å². The maximum atomic E-state index is 12.8. The normalized spacial score (nSPS) is 22.6. The summed E-state index contributed by atoms with van der Waals surface area (Å²) >= 11 is 0. The zero-order valence-corrected chi connectivity index (χ0v) is 18.6. The number of amides is 1. The molecule has 2 aliphatic heterocycles. The van der Waals surface area contributed by atoms with Crippen molar-refractivity contribution >= 4 is 17.3 Å². The average molecular weight is 422 g/mol. The molecule has 1 aromatic rings. The van der Waals surface area contributed by atoms with E-state index in [-0.39, 0.29) is 18.1 Å². The van der Waals surface area contributed by atoms with Gasteiger partial charge < -0.3 is 29.2 Å². The molecule has 0 saturated carbocycles. The Morgan fingerprint density at radius 1 is 1.07 bits per heavy atom. The quantitative estimate of drug-likeness (QED) is 0.691. The predicted molar refractivity (Wildman–Crippen MR) is 117 cm³/mol. The highest BCUT2D eigenvalue weighted by molar-refractivity contribution is 5.94. The first-order chi connectivity index (χ1) is 14.5. The predicted octanol–water partition coefficient (Wildman–Crippen LogP) is 2.37. The van der Waals surface area contributed by atoms with Crippen LogP contribution in [0.2, 0.25) is 0 Å². The van der Waals surface area contributed by atoms with Crippen molar-refractivity contribution in [2.45, 2.75) is 39.9 Å². The lowest BCUT2D eigenvalue weighted by Crippen LogP contribution is -2.48. The number of nitrogens with zero attached hydrogens (tertiary/aromatic N) is 2. The van der Waals surface area contributed by atoms with Crippen molar-refractivity contribution in [1.82, 2.24) is 4.90 Å². The second-order valence-electron chi connectivity index (χ2n) is 7.78. The van der Waals surface area contributed by atoms with Gasteiger partial charge in [-0.1, -0.05) is 0 Å². The number of nitrogens with one attached hydrogen (secondary N) is 1. The maximum absolute atomic E-state index is 12.8. The number of ether oxygens (including phenoxy) is 4. The fourth-order valence-corrected chi connectivity index (χ4v) is 4.05. The van der Waals surface area contributed by atoms with E-state index in [2.05, 4.69) is 15.1 Å². The molecule has 3 rings (SSSR count). The van der Waals surface area contributed by atoms with E-state index in [0.29, 0.717) is 44.4 Å². The monoisotopic (exact) mass is 421 g/mol. The number of anilines is 2. The van der Waals surface area contributed by atoms with Crippen LogP contribution >= 0.6 is 0 Å². The molecule has 0 aromatic heterocycles. The van der Waals surface area contributed by atoms with Crippen LogP contribution in [0.1, 0.15) is 27.7 Å². The summed E-state index contributed by atoms with van der Waals surface area (Å²) in [6, 6.07) is 3.84. The third-order valence-electron chi connectivity index (χ3n) is 5.15. The van der Waals surface area contributed by atoms with Gasteiger partial charge in [0.1, 0.15) is 11.5 Å². The van der Waals surface area contributed by atoms with Gasteiger partial charge in [0.25, 0.3) is 0 Å². The molecule has 2 atom stereocenters. The molecule has 168 valence electrons. The summed E-state index contributed by atoms with van der Waals surface area (Å²) in [5.41, 5.74) is 1.61. The van der Waals surface area contributed by atoms with Gasteiger partial charge >= 0.3 is 0 Å². The Morgan fingerprint density at radius 3 is 2.33 bits per heavy atom. The number of hydrogen-bond acceptors (Lipinski definition) is 7. The van der Waals surface area contributed by atoms with Gasteiger partial charge in [-0.25, -0.2) is 0 Å². The van der Waals surface area contributed by atoms with E-state index in [0.717, 1.165) is 37.6 Å². The summed E-state index contributed by atoms with van der Waals surface area (Å²) < 4.78 is 23.0. The van der Waals surface area contributed by atoms with Gasteiger partial charge in [-0.2, -0.15) is 0 Å². The summed E-state index contributed by atoms with van der Waals surface area (Å²) in [7, 11) is 0. The minimum Gasteiger partial charge on any atom is -0.492 e. The second kappa shape index (κ2) is 10.8. The van der Waals surface area contributed by atoms with Crippen molar-refractivity contribution in [3.63, 3.8) is 0 Å². The first-order valence-electron chi connectivity index (χ1n) is 10.9. The van der Waals surface area contributed by atoms with Gasteiger partial charge in [0.2, 0.25) is 5.91 Å². The molecule has 8 nitrogen and oxygen atoms in total. The molecule has 1 aromatic carbocycles. The molecule has 2 fully saturated rings. The van der Waals surface area contributed by atoms with Crippen molar-refractivity contribution < 1.29 is 23.7 Å². The topological polar surface area (TPSA) is 72.5 Å². The molecule has 0 unspecified atom stereocenters. The van der Waals surface area contributed by atoms with Crippen LogP contribution in [0.3, 0.4) is 0 Å². The summed E-state index contributed by atoms with van der Waals surface area (Å²) in [5.74, 6) is 1.32. The lowest BCUT2D eigenvalue weighted by molar-refractivity contribution is -0.121. The number of morpholine rings is 2. The largest absolute Gasteiger partial charge is 0.492 e. The molecule has 2 aliphatic rings. The van der Waals surface area contributed by atoms with Gasteiger partial charge in [0.05, 0.1) is 56.6 Å². The molecular formula is C22H35N3O5. The molecule has 0 bridgehead atoms. The van der Waals surface area contributed by atoms with Crippen LogP contribution in [0.5, 0.6) is 11.5 Å². The minimum atomic E-state index is -0.0705. The highest BCUT2D eigenvalue weighted by atomic mass is 16.5. The molecule has 0 aliphatic carbocycles. The molecule has 2 saturated heterocycles. The van der Waals surface area contributed by atoms with Crippen molar-refractivity contribution in [1.29, 1.82) is 0 Å². The van der Waals surface area contributed by atoms with E-state index in [1.807, 2.05) is 39.8 Å². The van der Waals surface area contributed by atoms with Crippen LogP contribution in [0.15, 0.2) is 12.1 Å². The van der Waals surface area contributed by atoms with Crippen LogP contribution in [0, 0.1) is 0 Å². The van der Waals surface area contributed by atoms with E-state index >= 15 is 0 Å². The Morgan fingerprint density at radius 2 is 1.70 bits per heavy atom. The molecule has 8 heteroatoms. The van der Waals surface area contributed by atoms with Crippen LogP contribution in [0.4, 0.5) is 11.4 Å². The Bertz CT molecular complexity index is 698. The SMILES string of the molecule is CCOc1cc(N2CCOCC2)c(OCC)cc1NC(=O)CN1C[C@H](C)O[C@@H](C)C1. The van der Waals surface area contributed by atoms with Gasteiger partial charge in [-0.05, 0) is 27.7 Å². The Balaban J connectivity index is 1.78. The lowest BCUT2D eigenvalue weighted by atomic mass is 10.2. The Labute approximate surface area is 179 Å². The van der Waals surface area contributed by atoms with Crippen molar-refractivity contribution in [2.24, 2.45) is 0 Å². The molecule has 1 N–H and O–H groups in total. The summed E-state index contributed by atoms with van der Waals surface area (Å²) in [5, 5.41) is 3.03. The van der Waals surface area contributed by atoms with E-state index < -0.39 is 0 Å². The highest BCUT2D eigenvalue weighted by Crippen LogP contribution is 2.39. The van der Waals surface area contributed by atoms with Gasteiger partial charge in [0.15, 0.2) is 0 Å². The van der Waals surface area contributed by atoms with Crippen LogP contribution in [0.25, 0.3) is 0 Å². The molecule has 1 amide bonds. The first-order valence-corrected chi connectivity index (χ1v) is 10.9. The second-order valence-corrected chi connectivity index (χ2v) is 7.78. The third kappa shape index (κ3) is 6.00. The number of rotatable bonds is 8. The standard InChI is InChI=1S/C22H35N3O5/c1-5-28-20-12-19(25-7-9-27-10-8-25)21(29-6-2)11-18(20)23-22(26)15-24-13-16(3)30-17(4)14-24/h11-12,16-17H,5-10,13-15H2,1-4H3,(H,23,26)/t16-,17-/m0/s1. The van der Waals surface area contributed by atoms with Crippen molar-refractivity contribution in [3.8, 4) is 11.5 Å². The molecule has 2 heterocycles. The number of carbonyl (C=O) groups is 1. The molecule has 0 radical (unpaired) electrons. The smallest absolute Gasteiger partial charge is 0.238 e. The number of hydrogen-bond donors (Lipinski definition) is 1. The Kier molecular flexibility index (Phi) is 8.18. The fraction of sp³-hybridized carbons (Fsp3) is 0.682. The summed E-state index contributed by atoms with van der Waals surface area (Å²) in [4.78, 5) is 17.1. The fourth-order valence-electron chi connectivity index (χ4n) is 4.05. The first kappa shape index (κ1) is 22.7. The summed E-state index contributed by atoms with van der Waals surface area (Å²) in [6.07, 6.45) is 0.246. The minimum absolute atomic E-state index is 0.0705. The van der Waals surface area contributed by atoms with Crippen LogP contribution in [-0.4, -0.2) is 82.2 Å². The van der Waals surface area contributed by atoms with Gasteiger partial charge in [-0.3, -0.25) is 9.69 Å². The van der Waals surface area contributed by atoms with Crippen LogP contribution < -0.4 is 19.7 Å². The summed E-state index contributed by atoms with van der Waals surface area (Å²) in [6.45, 7) is 13.8. The van der Waals surface area contributed by atoms with E-state index in [1.54, 1.807) is 0 Å². The highest BCUT2D eigenvalue weighted by Gasteiger charge is 2.25. The molecular weight excluding hydrogens is 386 g/mol. The van der Waals surface area contributed by atoms with E-state index in [4.69, 9.17) is 18.9 Å². The zero-order valence-electron chi connectivity index (χ0n) is 18.6. The van der Waals surface area contributed by atoms with Crippen LogP contribution in [-0.2, 0) is 14.3 Å². The maximum Gasteiger partial charge on any atom is 0.238 e. The van der Waals surface area contributed by atoms with Crippen molar-refractivity contribution in [3.05, 3.63) is 12.1 Å². The third-order valence-corrected chi connectivity index (χ3v) is 5.15. The van der Waals surface area contributed by atoms with E-state index in [1.165, 1.54) is 0 Å². The number of benzene rings is 1. The molecule has 0 spiro atoms. The van der Waals surface area contributed by atoms with Gasteiger partial charge in [-0.15, -0.1) is 0 Å². The molecule has 30 heavy (non-hydrogen) atoms. The Hall–Kier alpha value is -2.03. The average Bonchev–Trinajstić information content (AvgIpc) is 2.70. The van der Waals surface area contributed by atoms with Gasteiger partial charge in [0, 0.05) is 38.3 Å². The zero-order chi connectivity index (χ0) is 21.5. The lowest BCUT2D eigenvalue weighted by Gasteiger charge is -2.34. The number of carbonyl (C=O) groups excluding carboxylic acids is 1. The van der Waals surface area contributed by atoms with Crippen molar-refractivity contribution in [2.75, 3.05) is 69.4 Å².